The second-order valence-electron chi connectivity index (χ2n) is 7.73. The van der Waals surface area contributed by atoms with Gasteiger partial charge < -0.3 is 19.0 Å². The topological polar surface area (TPSA) is 126 Å². The van der Waals surface area contributed by atoms with Gasteiger partial charge >= 0.3 is 0 Å². The van der Waals surface area contributed by atoms with Crippen molar-refractivity contribution in [2.75, 3.05) is 37.7 Å². The van der Waals surface area contributed by atoms with Crippen LogP contribution in [0.3, 0.4) is 0 Å². The van der Waals surface area contributed by atoms with Gasteiger partial charge in [0, 0.05) is 49.4 Å². The summed E-state index contributed by atoms with van der Waals surface area (Å²) in [5.41, 5.74) is 0.683. The predicted octanol–water partition coefficient (Wildman–Crippen LogP) is 4.66. The number of piperazine rings is 1. The molecule has 0 N–H and O–H groups in total. The minimum absolute atomic E-state index is 0.0305. The summed E-state index contributed by atoms with van der Waals surface area (Å²) in [5, 5.41) is 21.3. The number of anilines is 1. The average molecular weight is 528 g/mol. The third-order valence-corrected chi connectivity index (χ3v) is 5.93. The van der Waals surface area contributed by atoms with Crippen molar-refractivity contribution < 1.29 is 18.9 Å². The second-order valence-corrected chi connectivity index (χ2v) is 8.58. The number of ether oxygens (including phenoxy) is 1. The van der Waals surface area contributed by atoms with Crippen LogP contribution in [-0.2, 0) is 4.79 Å². The highest BCUT2D eigenvalue weighted by molar-refractivity contribution is 6.35. The van der Waals surface area contributed by atoms with Crippen molar-refractivity contribution in [3.63, 3.8) is 0 Å². The summed E-state index contributed by atoms with van der Waals surface area (Å²) in [4.78, 5) is 30.8. The molecule has 3 aromatic rings. The molecule has 1 aliphatic rings. The molecular weight excluding hydrogens is 509 g/mol. The molecule has 0 unspecified atom stereocenters. The number of hydrogen-bond donors (Lipinski definition) is 0. The Morgan fingerprint density at radius 3 is 2.67 bits per heavy atom. The molecule has 0 atom stereocenters. The molecule has 10 nitrogen and oxygen atoms in total. The molecule has 36 heavy (non-hydrogen) atoms. The average Bonchev–Trinajstić information content (AvgIpc) is 3.30. The zero-order chi connectivity index (χ0) is 25.7. The van der Waals surface area contributed by atoms with Gasteiger partial charge in [0.1, 0.15) is 11.8 Å². The summed E-state index contributed by atoms with van der Waals surface area (Å²) < 4.78 is 11.3. The Kier molecular flexibility index (Phi) is 7.73. The predicted molar refractivity (Wildman–Crippen MR) is 134 cm³/mol. The maximum atomic E-state index is 12.6. The number of nitriles is 1. The van der Waals surface area contributed by atoms with Crippen LogP contribution in [0.25, 0.3) is 12.2 Å². The first-order chi connectivity index (χ1) is 17.3. The van der Waals surface area contributed by atoms with Crippen LogP contribution in [0.2, 0.25) is 10.0 Å². The molecule has 0 radical (unpaired) electrons. The lowest BCUT2D eigenvalue weighted by molar-refractivity contribution is -0.384. The van der Waals surface area contributed by atoms with E-state index in [4.69, 9.17) is 32.4 Å². The summed E-state index contributed by atoms with van der Waals surface area (Å²) in [6, 6.07) is 12.9. The smallest absolute Gasteiger partial charge is 0.270 e. The van der Waals surface area contributed by atoms with E-state index in [9.17, 15) is 20.2 Å². The van der Waals surface area contributed by atoms with Gasteiger partial charge in [-0.15, -0.1) is 0 Å². The standard InChI is InChI=1S/C24H19Cl2N5O5/c25-17-5-6-21(19(26)13-17)35-15-23(32)29-8-10-30(11-9-29)24-20(14-27)28-22(36-24)7-4-16-2-1-3-18(12-16)31(33)34/h1-7,12-13H,8-11,15H2/b7-4+. The van der Waals surface area contributed by atoms with Crippen molar-refractivity contribution >= 4 is 52.8 Å². The van der Waals surface area contributed by atoms with Gasteiger partial charge in [-0.1, -0.05) is 35.3 Å². The molecule has 0 aliphatic carbocycles. The third kappa shape index (κ3) is 5.94. The largest absolute Gasteiger partial charge is 0.482 e. The highest BCUT2D eigenvalue weighted by Gasteiger charge is 2.26. The maximum absolute atomic E-state index is 12.6. The lowest BCUT2D eigenvalue weighted by atomic mass is 10.2. The fourth-order valence-electron chi connectivity index (χ4n) is 3.58. The molecule has 1 saturated heterocycles. The first-order valence-electron chi connectivity index (χ1n) is 10.8. The Hall–Kier alpha value is -4.07. The molecule has 1 aliphatic heterocycles. The molecule has 0 bridgehead atoms. The SMILES string of the molecule is N#Cc1nc(/C=C/c2cccc([N+](=O)[O-])c2)oc1N1CCN(C(=O)COc2ccc(Cl)cc2Cl)CC1. The number of benzene rings is 2. The molecule has 184 valence electrons. The van der Waals surface area contributed by atoms with E-state index in [1.807, 2.05) is 11.0 Å². The van der Waals surface area contributed by atoms with Crippen molar-refractivity contribution in [2.24, 2.45) is 0 Å². The second kappa shape index (κ2) is 11.1. The molecule has 1 aromatic heterocycles. The number of nitro benzene ring substituents is 1. The minimum atomic E-state index is -0.474. The number of nitro groups is 1. The highest BCUT2D eigenvalue weighted by Crippen LogP contribution is 2.28. The van der Waals surface area contributed by atoms with E-state index < -0.39 is 4.92 Å². The molecule has 2 aromatic carbocycles. The van der Waals surface area contributed by atoms with E-state index in [-0.39, 0.29) is 29.8 Å². The van der Waals surface area contributed by atoms with E-state index >= 15 is 0 Å². The maximum Gasteiger partial charge on any atom is 0.270 e. The fraction of sp³-hybridized carbons (Fsp3) is 0.208. The van der Waals surface area contributed by atoms with Gasteiger partial charge in [-0.25, -0.2) is 0 Å². The Bertz CT molecular complexity index is 1360. The molecule has 12 heteroatoms. The number of nitrogens with zero attached hydrogens (tertiary/aromatic N) is 5. The molecule has 0 spiro atoms. The number of aromatic nitrogens is 1. The van der Waals surface area contributed by atoms with Crippen molar-refractivity contribution in [3.8, 4) is 11.8 Å². The van der Waals surface area contributed by atoms with Crippen LogP contribution >= 0.6 is 23.2 Å². The molecule has 1 amide bonds. The summed E-state index contributed by atoms with van der Waals surface area (Å²) in [6.07, 6.45) is 3.16. The summed E-state index contributed by atoms with van der Waals surface area (Å²) in [7, 11) is 0. The quantitative estimate of drug-likeness (QED) is 0.320. The number of carbonyl (C=O) groups excluding carboxylic acids is 1. The van der Waals surface area contributed by atoms with Crippen LogP contribution in [0.4, 0.5) is 11.6 Å². The number of non-ortho nitro benzene ring substituents is 1. The fourth-order valence-corrected chi connectivity index (χ4v) is 4.04. The summed E-state index contributed by atoms with van der Waals surface area (Å²) in [5.74, 6) is 0.686. The summed E-state index contributed by atoms with van der Waals surface area (Å²) in [6.45, 7) is 1.51. The van der Waals surface area contributed by atoms with Crippen LogP contribution in [0, 0.1) is 21.4 Å². The highest BCUT2D eigenvalue weighted by atomic mass is 35.5. The number of hydrogen-bond acceptors (Lipinski definition) is 8. The van der Waals surface area contributed by atoms with Crippen LogP contribution in [0.1, 0.15) is 17.1 Å². The van der Waals surface area contributed by atoms with Gasteiger partial charge in [0.05, 0.1) is 9.95 Å². The number of amides is 1. The van der Waals surface area contributed by atoms with Gasteiger partial charge in [-0.3, -0.25) is 14.9 Å². The van der Waals surface area contributed by atoms with Crippen LogP contribution in [0.5, 0.6) is 5.75 Å². The summed E-state index contributed by atoms with van der Waals surface area (Å²) >= 11 is 11.9. The zero-order valence-corrected chi connectivity index (χ0v) is 20.3. The minimum Gasteiger partial charge on any atom is -0.482 e. The number of halogens is 2. The van der Waals surface area contributed by atoms with E-state index in [0.717, 1.165) is 0 Å². The van der Waals surface area contributed by atoms with Gasteiger partial charge in [0.25, 0.3) is 11.6 Å². The van der Waals surface area contributed by atoms with E-state index in [1.54, 1.807) is 47.4 Å². The van der Waals surface area contributed by atoms with Gasteiger partial charge in [-0.2, -0.15) is 10.2 Å². The van der Waals surface area contributed by atoms with E-state index in [0.29, 0.717) is 53.4 Å². The van der Waals surface area contributed by atoms with Crippen LogP contribution < -0.4 is 9.64 Å². The lowest BCUT2D eigenvalue weighted by Crippen LogP contribution is -2.50. The van der Waals surface area contributed by atoms with Gasteiger partial charge in [0.15, 0.2) is 6.61 Å². The lowest BCUT2D eigenvalue weighted by Gasteiger charge is -2.34. The molecule has 2 heterocycles. The third-order valence-electron chi connectivity index (χ3n) is 5.40. The van der Waals surface area contributed by atoms with Gasteiger partial charge in [0.2, 0.25) is 17.5 Å². The normalized spacial score (nSPS) is 13.6. The molecule has 0 saturated carbocycles. The van der Waals surface area contributed by atoms with Gasteiger partial charge in [-0.05, 0) is 29.8 Å². The monoisotopic (exact) mass is 527 g/mol. The molecular formula is C24H19Cl2N5O5. The first-order valence-corrected chi connectivity index (χ1v) is 11.5. The number of oxazole rings is 1. The van der Waals surface area contributed by atoms with E-state index in [1.165, 1.54) is 12.1 Å². The Labute approximate surface area is 216 Å². The van der Waals surface area contributed by atoms with Crippen molar-refractivity contribution in [1.82, 2.24) is 9.88 Å². The Morgan fingerprint density at radius 2 is 1.97 bits per heavy atom. The molecule has 1 fully saturated rings. The Morgan fingerprint density at radius 1 is 1.19 bits per heavy atom. The number of carbonyl (C=O) groups is 1. The van der Waals surface area contributed by atoms with E-state index in [2.05, 4.69) is 4.98 Å². The van der Waals surface area contributed by atoms with Crippen molar-refractivity contribution in [1.29, 1.82) is 5.26 Å². The zero-order valence-electron chi connectivity index (χ0n) is 18.8. The van der Waals surface area contributed by atoms with Crippen molar-refractivity contribution in [3.05, 3.63) is 79.8 Å². The number of rotatable bonds is 7. The van der Waals surface area contributed by atoms with Crippen LogP contribution in [-0.4, -0.2) is 53.5 Å². The Balaban J connectivity index is 1.36. The van der Waals surface area contributed by atoms with Crippen LogP contribution in [0.15, 0.2) is 46.9 Å². The molecule has 4 rings (SSSR count). The van der Waals surface area contributed by atoms with Crippen molar-refractivity contribution in [2.45, 2.75) is 0 Å². The first kappa shape index (κ1) is 25.0.